The summed E-state index contributed by atoms with van der Waals surface area (Å²) in [5.41, 5.74) is 5.20. The molecule has 6 nitrogen and oxygen atoms in total. The van der Waals surface area contributed by atoms with E-state index in [4.69, 9.17) is 11.1 Å². The molecule has 18 heavy (non-hydrogen) atoms. The van der Waals surface area contributed by atoms with Gasteiger partial charge in [-0.25, -0.2) is 0 Å². The number of rotatable bonds is 6. The van der Waals surface area contributed by atoms with Crippen LogP contribution in [-0.4, -0.2) is 49.5 Å². The SMILES string of the molecule is CN[C@@H](CCCNC(=N)N)C(=O)N1CCCCC1. The Morgan fingerprint density at radius 2 is 2.06 bits per heavy atom. The molecule has 1 atom stereocenters. The van der Waals surface area contributed by atoms with Crippen molar-refractivity contribution < 1.29 is 4.79 Å². The van der Waals surface area contributed by atoms with Crippen molar-refractivity contribution in [3.63, 3.8) is 0 Å². The molecule has 0 aliphatic carbocycles. The highest BCUT2D eigenvalue weighted by atomic mass is 16.2. The van der Waals surface area contributed by atoms with E-state index in [1.165, 1.54) is 6.42 Å². The molecule has 104 valence electrons. The third-order valence-corrected chi connectivity index (χ3v) is 3.30. The van der Waals surface area contributed by atoms with Gasteiger partial charge in [-0.05, 0) is 39.2 Å². The number of guanidine groups is 1. The van der Waals surface area contributed by atoms with Gasteiger partial charge in [0.25, 0.3) is 0 Å². The van der Waals surface area contributed by atoms with Crippen molar-refractivity contribution >= 4 is 11.9 Å². The lowest BCUT2D eigenvalue weighted by Crippen LogP contribution is -2.47. The van der Waals surface area contributed by atoms with Gasteiger partial charge in [0.05, 0.1) is 6.04 Å². The number of nitrogens with zero attached hydrogens (tertiary/aromatic N) is 1. The van der Waals surface area contributed by atoms with Gasteiger partial charge in [0, 0.05) is 19.6 Å². The fourth-order valence-corrected chi connectivity index (χ4v) is 2.26. The van der Waals surface area contributed by atoms with Gasteiger partial charge in [0.2, 0.25) is 5.91 Å². The molecule has 1 heterocycles. The van der Waals surface area contributed by atoms with E-state index in [1.807, 2.05) is 11.9 Å². The lowest BCUT2D eigenvalue weighted by atomic mass is 10.1. The number of nitrogens with one attached hydrogen (secondary N) is 3. The van der Waals surface area contributed by atoms with Gasteiger partial charge in [-0.15, -0.1) is 0 Å². The molecule has 1 amide bonds. The summed E-state index contributed by atoms with van der Waals surface area (Å²) < 4.78 is 0. The molecule has 1 aliphatic rings. The van der Waals surface area contributed by atoms with Crippen LogP contribution in [0.1, 0.15) is 32.1 Å². The molecule has 0 aromatic carbocycles. The predicted octanol–water partition coefficient (Wildman–Crippen LogP) is -0.150. The first-order valence-electron chi connectivity index (χ1n) is 6.69. The van der Waals surface area contributed by atoms with E-state index in [1.54, 1.807) is 0 Å². The van der Waals surface area contributed by atoms with Crippen molar-refractivity contribution in [2.75, 3.05) is 26.7 Å². The summed E-state index contributed by atoms with van der Waals surface area (Å²) in [6, 6.07) is -0.114. The number of piperidine rings is 1. The molecular weight excluding hydrogens is 230 g/mol. The van der Waals surface area contributed by atoms with E-state index in [0.29, 0.717) is 6.54 Å². The molecule has 0 aromatic rings. The van der Waals surface area contributed by atoms with Gasteiger partial charge in [0.15, 0.2) is 5.96 Å². The summed E-state index contributed by atoms with van der Waals surface area (Å²) in [5.74, 6) is 0.193. The van der Waals surface area contributed by atoms with E-state index in [0.717, 1.165) is 38.8 Å². The van der Waals surface area contributed by atoms with Crippen molar-refractivity contribution in [1.29, 1.82) is 5.41 Å². The molecule has 0 aromatic heterocycles. The molecular formula is C12H25N5O. The molecule has 1 fully saturated rings. The van der Waals surface area contributed by atoms with Crippen LogP contribution in [0.3, 0.4) is 0 Å². The summed E-state index contributed by atoms with van der Waals surface area (Å²) in [6.45, 7) is 2.42. The van der Waals surface area contributed by atoms with Crippen LogP contribution >= 0.6 is 0 Å². The number of carbonyl (C=O) groups excluding carboxylic acids is 1. The minimum absolute atomic E-state index is 0.0154. The van der Waals surface area contributed by atoms with Crippen LogP contribution in [-0.2, 0) is 4.79 Å². The summed E-state index contributed by atoms with van der Waals surface area (Å²) in [6.07, 6.45) is 5.06. The molecule has 0 radical (unpaired) electrons. The fraction of sp³-hybridized carbons (Fsp3) is 0.833. The lowest BCUT2D eigenvalue weighted by molar-refractivity contribution is -0.134. The van der Waals surface area contributed by atoms with Crippen molar-refractivity contribution in [3.05, 3.63) is 0 Å². The van der Waals surface area contributed by atoms with Crippen LogP contribution in [0, 0.1) is 5.41 Å². The second-order valence-electron chi connectivity index (χ2n) is 4.71. The first-order chi connectivity index (χ1) is 8.65. The number of hydrogen-bond donors (Lipinski definition) is 4. The molecule has 1 aliphatic heterocycles. The van der Waals surface area contributed by atoms with Crippen molar-refractivity contribution in [1.82, 2.24) is 15.5 Å². The maximum atomic E-state index is 12.2. The highest BCUT2D eigenvalue weighted by Gasteiger charge is 2.23. The maximum Gasteiger partial charge on any atom is 0.239 e. The lowest BCUT2D eigenvalue weighted by Gasteiger charge is -2.30. The van der Waals surface area contributed by atoms with Gasteiger partial charge in [-0.3, -0.25) is 10.2 Å². The van der Waals surface area contributed by atoms with Gasteiger partial charge in [-0.2, -0.15) is 0 Å². The Bertz CT molecular complexity index is 276. The average Bonchev–Trinajstić information content (AvgIpc) is 2.39. The number of likely N-dealkylation sites (N-methyl/N-ethyl adjacent to an activating group) is 1. The molecule has 0 spiro atoms. The van der Waals surface area contributed by atoms with Gasteiger partial charge in [0.1, 0.15) is 0 Å². The Morgan fingerprint density at radius 3 is 2.61 bits per heavy atom. The average molecular weight is 255 g/mol. The minimum Gasteiger partial charge on any atom is -0.370 e. The van der Waals surface area contributed by atoms with E-state index in [9.17, 15) is 4.79 Å². The molecule has 0 unspecified atom stereocenters. The number of amides is 1. The van der Waals surface area contributed by atoms with Crippen LogP contribution in [0.25, 0.3) is 0 Å². The fourth-order valence-electron chi connectivity index (χ4n) is 2.26. The number of likely N-dealkylation sites (tertiary alicyclic amines) is 1. The topological polar surface area (TPSA) is 94.2 Å². The Kier molecular flexibility index (Phi) is 6.49. The zero-order chi connectivity index (χ0) is 13.4. The van der Waals surface area contributed by atoms with Gasteiger partial charge >= 0.3 is 0 Å². The number of carbonyl (C=O) groups is 1. The second-order valence-corrected chi connectivity index (χ2v) is 4.71. The van der Waals surface area contributed by atoms with Crippen molar-refractivity contribution in [3.8, 4) is 0 Å². The molecule has 0 saturated carbocycles. The van der Waals surface area contributed by atoms with E-state index in [2.05, 4.69) is 10.6 Å². The Labute approximate surface area is 109 Å². The molecule has 0 bridgehead atoms. The highest BCUT2D eigenvalue weighted by Crippen LogP contribution is 2.11. The largest absolute Gasteiger partial charge is 0.370 e. The van der Waals surface area contributed by atoms with Crippen molar-refractivity contribution in [2.45, 2.75) is 38.1 Å². The van der Waals surface area contributed by atoms with Crippen LogP contribution < -0.4 is 16.4 Å². The third kappa shape index (κ3) is 4.91. The highest BCUT2D eigenvalue weighted by molar-refractivity contribution is 5.82. The van der Waals surface area contributed by atoms with Crippen molar-refractivity contribution in [2.24, 2.45) is 5.73 Å². The molecule has 1 saturated heterocycles. The van der Waals surface area contributed by atoms with Crippen LogP contribution in [0.5, 0.6) is 0 Å². The van der Waals surface area contributed by atoms with E-state index in [-0.39, 0.29) is 17.9 Å². The van der Waals surface area contributed by atoms with Crippen LogP contribution in [0.4, 0.5) is 0 Å². The Balaban J connectivity index is 2.30. The third-order valence-electron chi connectivity index (χ3n) is 3.30. The second kappa shape index (κ2) is 7.92. The van der Waals surface area contributed by atoms with Gasteiger partial charge in [-0.1, -0.05) is 0 Å². The zero-order valence-electron chi connectivity index (χ0n) is 11.2. The smallest absolute Gasteiger partial charge is 0.239 e. The summed E-state index contributed by atoms with van der Waals surface area (Å²) >= 11 is 0. The first kappa shape index (κ1) is 14.8. The zero-order valence-corrected chi connectivity index (χ0v) is 11.2. The maximum absolute atomic E-state index is 12.2. The Morgan fingerprint density at radius 1 is 1.39 bits per heavy atom. The molecule has 5 N–H and O–H groups in total. The van der Waals surface area contributed by atoms with E-state index >= 15 is 0 Å². The molecule has 6 heteroatoms. The van der Waals surface area contributed by atoms with E-state index < -0.39 is 0 Å². The van der Waals surface area contributed by atoms with Crippen LogP contribution in [0.15, 0.2) is 0 Å². The predicted molar refractivity (Wildman–Crippen MR) is 72.4 cm³/mol. The Hall–Kier alpha value is -1.30. The summed E-state index contributed by atoms with van der Waals surface area (Å²) in [5, 5.41) is 12.9. The van der Waals surface area contributed by atoms with Gasteiger partial charge < -0.3 is 21.3 Å². The first-order valence-corrected chi connectivity index (χ1v) is 6.69. The standard InChI is InChI=1S/C12H25N5O/c1-15-10(6-5-7-16-12(13)14)11(18)17-8-3-2-4-9-17/h10,15H,2-9H2,1H3,(H4,13,14,16)/t10-/m0/s1. The minimum atomic E-state index is -0.114. The van der Waals surface area contributed by atoms with Crippen LogP contribution in [0.2, 0.25) is 0 Å². The summed E-state index contributed by atoms with van der Waals surface area (Å²) in [7, 11) is 1.82. The quantitative estimate of drug-likeness (QED) is 0.302. The molecule has 1 rings (SSSR count). The number of nitrogens with two attached hydrogens (primary N) is 1. The summed E-state index contributed by atoms with van der Waals surface area (Å²) in [4.78, 5) is 14.2. The normalized spacial score (nSPS) is 17.3. The number of hydrogen-bond acceptors (Lipinski definition) is 3. The monoisotopic (exact) mass is 255 g/mol.